The molecule has 18 heavy (non-hydrogen) atoms. The van der Waals surface area contributed by atoms with E-state index in [1.807, 2.05) is 18.2 Å². The normalized spacial score (nSPS) is 12.9. The van der Waals surface area contributed by atoms with E-state index in [4.69, 9.17) is 5.73 Å². The maximum absolute atomic E-state index is 11.2. The minimum absolute atomic E-state index is 0.00259. The first-order valence-electron chi connectivity index (χ1n) is 5.69. The molecule has 0 fully saturated rings. The van der Waals surface area contributed by atoms with Crippen LogP contribution in [0.3, 0.4) is 0 Å². The Labute approximate surface area is 102 Å². The van der Waals surface area contributed by atoms with Crippen LogP contribution < -0.4 is 11.4 Å². The Morgan fingerprint density at radius 3 is 2.83 bits per heavy atom. The number of aromatic nitrogens is 4. The van der Waals surface area contributed by atoms with Gasteiger partial charge in [-0.2, -0.15) is 0 Å². The largest absolute Gasteiger partial charge is 0.348 e. The van der Waals surface area contributed by atoms with Gasteiger partial charge in [0.1, 0.15) is 5.82 Å². The summed E-state index contributed by atoms with van der Waals surface area (Å²) in [4.78, 5) is 24.0. The lowest BCUT2D eigenvalue weighted by Crippen LogP contribution is -2.15. The van der Waals surface area contributed by atoms with Crippen LogP contribution in [0.25, 0.3) is 11.0 Å². The second-order valence-electron chi connectivity index (χ2n) is 4.15. The molecule has 1 atom stereocenters. The van der Waals surface area contributed by atoms with Crippen LogP contribution in [0.5, 0.6) is 0 Å². The zero-order valence-electron chi connectivity index (χ0n) is 9.60. The van der Waals surface area contributed by atoms with Crippen molar-refractivity contribution in [3.8, 4) is 0 Å². The van der Waals surface area contributed by atoms with Crippen molar-refractivity contribution in [1.29, 1.82) is 0 Å². The summed E-state index contributed by atoms with van der Waals surface area (Å²) in [5.74, 6) is 0.831. The fraction of sp³-hybridized carbons (Fsp3) is 0.167. The molecule has 6 heteroatoms. The Hall–Kier alpha value is -2.34. The monoisotopic (exact) mass is 243 g/mol. The summed E-state index contributed by atoms with van der Waals surface area (Å²) in [6, 6.07) is 5.74. The van der Waals surface area contributed by atoms with Crippen molar-refractivity contribution in [3.05, 3.63) is 52.5 Å². The van der Waals surface area contributed by atoms with Crippen LogP contribution >= 0.6 is 0 Å². The average Bonchev–Trinajstić information content (AvgIpc) is 2.97. The predicted molar refractivity (Wildman–Crippen MR) is 68.4 cm³/mol. The van der Waals surface area contributed by atoms with Crippen molar-refractivity contribution < 1.29 is 0 Å². The number of hydrogen-bond donors (Lipinski definition) is 4. The summed E-state index contributed by atoms with van der Waals surface area (Å²) >= 11 is 0. The molecule has 2 aromatic heterocycles. The number of nitrogens with zero attached hydrogens (tertiary/aromatic N) is 1. The number of nitrogens with two attached hydrogens (primary N) is 1. The van der Waals surface area contributed by atoms with E-state index in [-0.39, 0.29) is 11.6 Å². The van der Waals surface area contributed by atoms with Crippen LogP contribution in [-0.4, -0.2) is 26.5 Å². The number of hydrogen-bond acceptors (Lipinski definition) is 3. The molecule has 2 heterocycles. The molecule has 0 bridgehead atoms. The highest BCUT2D eigenvalue weighted by atomic mass is 16.1. The smallest absolute Gasteiger partial charge is 0.323 e. The molecule has 0 aliphatic carbocycles. The molecular formula is C12H13N5O. The lowest BCUT2D eigenvalue weighted by Gasteiger charge is -2.12. The molecule has 3 aromatic rings. The molecule has 0 aliphatic rings. The number of H-pyrrole nitrogens is 3. The van der Waals surface area contributed by atoms with Crippen LogP contribution in [0.4, 0.5) is 0 Å². The Morgan fingerprint density at radius 1 is 1.28 bits per heavy atom. The van der Waals surface area contributed by atoms with Crippen molar-refractivity contribution >= 4 is 11.0 Å². The quantitative estimate of drug-likeness (QED) is 0.543. The number of nitrogens with one attached hydrogen (secondary N) is 3. The van der Waals surface area contributed by atoms with Gasteiger partial charge in [0.15, 0.2) is 0 Å². The van der Waals surface area contributed by atoms with Crippen molar-refractivity contribution in [2.75, 3.05) is 6.54 Å². The zero-order chi connectivity index (χ0) is 12.5. The van der Waals surface area contributed by atoms with Crippen molar-refractivity contribution in [3.63, 3.8) is 0 Å². The van der Waals surface area contributed by atoms with Gasteiger partial charge in [0, 0.05) is 18.9 Å². The van der Waals surface area contributed by atoms with Gasteiger partial charge in [0.05, 0.1) is 17.0 Å². The van der Waals surface area contributed by atoms with E-state index in [2.05, 4.69) is 19.9 Å². The minimum atomic E-state index is -0.204. The maximum Gasteiger partial charge on any atom is 0.323 e. The summed E-state index contributed by atoms with van der Waals surface area (Å²) in [7, 11) is 0. The van der Waals surface area contributed by atoms with Gasteiger partial charge >= 0.3 is 5.69 Å². The molecule has 0 saturated heterocycles. The SMILES string of the molecule is NCC(c1ccc2[nH]c(=O)[nH]c2c1)c1ncc[nH]1. The minimum Gasteiger partial charge on any atom is -0.348 e. The molecule has 92 valence electrons. The highest BCUT2D eigenvalue weighted by molar-refractivity contribution is 5.75. The third kappa shape index (κ3) is 1.72. The fourth-order valence-corrected chi connectivity index (χ4v) is 2.14. The van der Waals surface area contributed by atoms with Gasteiger partial charge in [-0.05, 0) is 17.7 Å². The molecule has 0 saturated carbocycles. The first-order valence-corrected chi connectivity index (χ1v) is 5.69. The number of rotatable bonds is 3. The van der Waals surface area contributed by atoms with Crippen LogP contribution in [-0.2, 0) is 0 Å². The Balaban J connectivity index is 2.09. The van der Waals surface area contributed by atoms with Gasteiger partial charge < -0.3 is 20.7 Å². The second-order valence-corrected chi connectivity index (χ2v) is 4.15. The predicted octanol–water partition coefficient (Wildman–Crippen LogP) is 0.670. The number of aromatic amines is 3. The third-order valence-electron chi connectivity index (χ3n) is 3.03. The van der Waals surface area contributed by atoms with Crippen LogP contribution in [0.15, 0.2) is 35.4 Å². The zero-order valence-corrected chi connectivity index (χ0v) is 9.60. The summed E-state index contributed by atoms with van der Waals surface area (Å²) in [6.07, 6.45) is 3.48. The average molecular weight is 243 g/mol. The van der Waals surface area contributed by atoms with Crippen LogP contribution in [0.2, 0.25) is 0 Å². The Bertz CT molecular complexity index is 709. The lowest BCUT2D eigenvalue weighted by atomic mass is 9.98. The van der Waals surface area contributed by atoms with Gasteiger partial charge in [0.2, 0.25) is 0 Å². The van der Waals surface area contributed by atoms with E-state index in [0.717, 1.165) is 22.4 Å². The van der Waals surface area contributed by atoms with Crippen molar-refractivity contribution in [2.45, 2.75) is 5.92 Å². The molecule has 3 rings (SSSR count). The Kier molecular flexibility index (Phi) is 2.49. The summed E-state index contributed by atoms with van der Waals surface area (Å²) in [5, 5.41) is 0. The summed E-state index contributed by atoms with van der Waals surface area (Å²) in [6.45, 7) is 0.452. The van der Waals surface area contributed by atoms with Crippen molar-refractivity contribution in [2.24, 2.45) is 5.73 Å². The van der Waals surface area contributed by atoms with Crippen molar-refractivity contribution in [1.82, 2.24) is 19.9 Å². The second kappa shape index (κ2) is 4.15. The first kappa shape index (κ1) is 10.8. The van der Waals surface area contributed by atoms with E-state index in [0.29, 0.717) is 6.54 Å². The molecule has 0 radical (unpaired) electrons. The van der Waals surface area contributed by atoms with Gasteiger partial charge in [-0.15, -0.1) is 0 Å². The van der Waals surface area contributed by atoms with Gasteiger partial charge in [0.25, 0.3) is 0 Å². The van der Waals surface area contributed by atoms with E-state index >= 15 is 0 Å². The highest BCUT2D eigenvalue weighted by Gasteiger charge is 2.15. The number of imidazole rings is 2. The van der Waals surface area contributed by atoms with E-state index < -0.39 is 0 Å². The summed E-state index contributed by atoms with van der Waals surface area (Å²) in [5.41, 5.74) is 8.20. The van der Waals surface area contributed by atoms with Gasteiger partial charge in [-0.1, -0.05) is 6.07 Å². The van der Waals surface area contributed by atoms with Crippen LogP contribution in [0, 0.1) is 0 Å². The maximum atomic E-state index is 11.2. The fourth-order valence-electron chi connectivity index (χ4n) is 2.14. The molecule has 1 unspecified atom stereocenters. The van der Waals surface area contributed by atoms with Crippen LogP contribution in [0.1, 0.15) is 17.3 Å². The van der Waals surface area contributed by atoms with E-state index in [1.54, 1.807) is 12.4 Å². The molecule has 1 aromatic carbocycles. The third-order valence-corrected chi connectivity index (χ3v) is 3.03. The van der Waals surface area contributed by atoms with Gasteiger partial charge in [-0.3, -0.25) is 0 Å². The Morgan fingerprint density at radius 2 is 2.11 bits per heavy atom. The standard InChI is InChI=1S/C12H13N5O/c13-6-8(11-14-3-4-15-11)7-1-2-9-10(5-7)17-12(18)16-9/h1-5,8H,6,13H2,(H,14,15)(H2,16,17,18). The molecule has 0 aliphatic heterocycles. The topological polar surface area (TPSA) is 103 Å². The lowest BCUT2D eigenvalue weighted by molar-refractivity contribution is 0.766. The van der Waals surface area contributed by atoms with Gasteiger partial charge in [-0.25, -0.2) is 9.78 Å². The number of benzene rings is 1. The molecule has 0 amide bonds. The van der Waals surface area contributed by atoms with E-state index in [9.17, 15) is 4.79 Å². The molecule has 6 nitrogen and oxygen atoms in total. The highest BCUT2D eigenvalue weighted by Crippen LogP contribution is 2.22. The molecular weight excluding hydrogens is 230 g/mol. The van der Waals surface area contributed by atoms with E-state index in [1.165, 1.54) is 0 Å². The molecule has 5 N–H and O–H groups in total. The summed E-state index contributed by atoms with van der Waals surface area (Å²) < 4.78 is 0. The first-order chi connectivity index (χ1) is 8.78. The molecule has 0 spiro atoms. The number of fused-ring (bicyclic) bond motifs is 1.